The van der Waals surface area contributed by atoms with Crippen molar-refractivity contribution in [2.75, 3.05) is 37.5 Å². The first-order valence-electron chi connectivity index (χ1n) is 13.3. The van der Waals surface area contributed by atoms with Crippen LogP contribution in [0, 0.1) is 23.6 Å². The molecule has 6 rings (SSSR count). The van der Waals surface area contributed by atoms with Crippen molar-refractivity contribution in [1.29, 1.82) is 0 Å². The lowest BCUT2D eigenvalue weighted by Gasteiger charge is -2.36. The molecule has 2 aromatic rings. The summed E-state index contributed by atoms with van der Waals surface area (Å²) in [4.78, 5) is 4.05. The molecule has 2 unspecified atom stereocenters. The molecular formula is C27H40FN5O. The van der Waals surface area contributed by atoms with Gasteiger partial charge in [0.25, 0.3) is 0 Å². The van der Waals surface area contributed by atoms with Crippen molar-refractivity contribution in [2.24, 2.45) is 17.8 Å². The minimum Gasteiger partial charge on any atom is -0.383 e. The van der Waals surface area contributed by atoms with E-state index < -0.39 is 0 Å². The van der Waals surface area contributed by atoms with Gasteiger partial charge in [-0.05, 0) is 86.4 Å². The van der Waals surface area contributed by atoms with Gasteiger partial charge in [-0.2, -0.15) is 0 Å². The van der Waals surface area contributed by atoms with E-state index in [1.165, 1.54) is 51.4 Å². The van der Waals surface area contributed by atoms with Crippen LogP contribution in [0.2, 0.25) is 0 Å². The summed E-state index contributed by atoms with van der Waals surface area (Å²) >= 11 is 0. The van der Waals surface area contributed by atoms with Crippen LogP contribution in [0.5, 0.6) is 0 Å². The normalized spacial score (nSPS) is 31.4. The van der Waals surface area contributed by atoms with E-state index in [0.717, 1.165) is 43.1 Å². The fourth-order valence-electron chi connectivity index (χ4n) is 6.41. The number of benzene rings is 1. The van der Waals surface area contributed by atoms with Crippen LogP contribution < -0.4 is 21.7 Å². The molecule has 186 valence electrons. The number of aromatic nitrogens is 1. The minimum absolute atomic E-state index is 0.246. The van der Waals surface area contributed by atoms with Crippen LogP contribution in [-0.4, -0.2) is 43.5 Å². The molecule has 3 heterocycles. The molecule has 0 radical (unpaired) electrons. The molecule has 4 fully saturated rings. The second-order valence-electron chi connectivity index (χ2n) is 10.7. The van der Waals surface area contributed by atoms with E-state index in [1.54, 1.807) is 12.3 Å². The van der Waals surface area contributed by atoms with Gasteiger partial charge in [0.1, 0.15) is 11.6 Å². The van der Waals surface area contributed by atoms with Crippen LogP contribution in [0.1, 0.15) is 57.8 Å². The van der Waals surface area contributed by atoms with Crippen molar-refractivity contribution in [3.8, 4) is 0 Å². The summed E-state index contributed by atoms with van der Waals surface area (Å²) in [5.74, 6) is 1.97. The van der Waals surface area contributed by atoms with Crippen LogP contribution in [-0.2, 0) is 4.74 Å². The Kier molecular flexibility index (Phi) is 7.82. The SMILES string of the molecule is Nc1nccc2cc(N[C@H]3CNCC4CCCC(C4)NCOCCC4CCC3CC4)cc(F)c12. The van der Waals surface area contributed by atoms with E-state index in [-0.39, 0.29) is 17.7 Å². The van der Waals surface area contributed by atoms with Gasteiger partial charge in [0.15, 0.2) is 0 Å². The number of pyridine rings is 1. The molecule has 0 amide bonds. The van der Waals surface area contributed by atoms with Crippen molar-refractivity contribution in [1.82, 2.24) is 15.6 Å². The van der Waals surface area contributed by atoms with E-state index in [0.29, 0.717) is 30.0 Å². The molecule has 2 saturated carbocycles. The van der Waals surface area contributed by atoms with E-state index in [1.807, 2.05) is 12.1 Å². The second kappa shape index (κ2) is 11.2. The first-order chi connectivity index (χ1) is 16.7. The number of nitrogens with two attached hydrogens (primary N) is 1. The Morgan fingerprint density at radius 1 is 1.03 bits per heavy atom. The molecule has 3 atom stereocenters. The number of anilines is 2. The Morgan fingerprint density at radius 3 is 2.79 bits per heavy atom. The van der Waals surface area contributed by atoms with Crippen molar-refractivity contribution in [3.05, 3.63) is 30.2 Å². The Labute approximate surface area is 202 Å². The van der Waals surface area contributed by atoms with E-state index in [9.17, 15) is 4.39 Å². The van der Waals surface area contributed by atoms with Gasteiger partial charge >= 0.3 is 0 Å². The van der Waals surface area contributed by atoms with Gasteiger partial charge in [0, 0.05) is 37.1 Å². The number of nitrogen functional groups attached to an aromatic ring is 1. The maximum absolute atomic E-state index is 14.9. The highest BCUT2D eigenvalue weighted by Gasteiger charge is 2.29. The predicted octanol–water partition coefficient (Wildman–Crippen LogP) is 4.66. The first-order valence-corrected chi connectivity index (χ1v) is 13.3. The Bertz CT molecular complexity index is 948. The number of rotatable bonds is 2. The maximum Gasteiger partial charge on any atom is 0.136 e. The molecule has 0 spiro atoms. The average molecular weight is 470 g/mol. The predicted molar refractivity (Wildman–Crippen MR) is 136 cm³/mol. The van der Waals surface area contributed by atoms with Crippen LogP contribution in [0.4, 0.5) is 15.9 Å². The van der Waals surface area contributed by atoms with Crippen LogP contribution in [0.3, 0.4) is 0 Å². The topological polar surface area (TPSA) is 84.2 Å². The molecular weight excluding hydrogens is 429 g/mol. The van der Waals surface area contributed by atoms with Crippen LogP contribution in [0.25, 0.3) is 10.8 Å². The second-order valence-corrected chi connectivity index (χ2v) is 10.7. The first kappa shape index (κ1) is 23.8. The highest BCUT2D eigenvalue weighted by atomic mass is 19.1. The molecule has 2 aliphatic heterocycles. The zero-order valence-corrected chi connectivity index (χ0v) is 20.2. The number of ether oxygens (including phenoxy) is 1. The standard InChI is InChI=1S/C27H40FN5O/c28-24-14-23(13-21-8-10-31-27(29)26(21)24)33-25-16-30-15-19-2-1-3-22(12-19)32-17-34-11-9-18-4-6-20(25)7-5-18/h8,10,13-14,18-20,22,25,30,32-33H,1-7,9,11-12,15-17H2,(H2,29,31)/t18?,19?,20?,22?,25-/m0/s1. The monoisotopic (exact) mass is 469 g/mol. The van der Waals surface area contributed by atoms with Crippen molar-refractivity contribution < 1.29 is 9.13 Å². The summed E-state index contributed by atoms with van der Waals surface area (Å²) in [6, 6.07) is 6.27. The molecule has 4 bridgehead atoms. The third-order valence-electron chi connectivity index (χ3n) is 8.38. The molecule has 5 N–H and O–H groups in total. The van der Waals surface area contributed by atoms with Crippen molar-refractivity contribution >= 4 is 22.3 Å². The molecule has 1 aromatic carbocycles. The highest BCUT2D eigenvalue weighted by molar-refractivity contribution is 5.93. The Hall–Kier alpha value is -1.96. The molecule has 6 nitrogen and oxygen atoms in total. The molecule has 34 heavy (non-hydrogen) atoms. The van der Waals surface area contributed by atoms with Gasteiger partial charge in [0.2, 0.25) is 0 Å². The lowest BCUT2D eigenvalue weighted by Crippen LogP contribution is -2.43. The number of nitrogens with one attached hydrogen (secondary N) is 3. The summed E-state index contributed by atoms with van der Waals surface area (Å²) in [6.45, 7) is 3.50. The summed E-state index contributed by atoms with van der Waals surface area (Å²) in [5, 5.41) is 12.3. The van der Waals surface area contributed by atoms with Gasteiger partial charge in [-0.15, -0.1) is 0 Å². The number of fused-ring (bicyclic) bond motifs is 10. The van der Waals surface area contributed by atoms with E-state index >= 15 is 0 Å². The lowest BCUT2D eigenvalue weighted by molar-refractivity contribution is 0.0801. The zero-order valence-electron chi connectivity index (χ0n) is 20.2. The molecule has 4 aliphatic rings. The van der Waals surface area contributed by atoms with Crippen LogP contribution >= 0.6 is 0 Å². The summed E-state index contributed by atoms with van der Waals surface area (Å²) in [7, 11) is 0. The molecule has 1 aromatic heterocycles. The Balaban J connectivity index is 1.31. The summed E-state index contributed by atoms with van der Waals surface area (Å²) < 4.78 is 20.9. The van der Waals surface area contributed by atoms with E-state index in [2.05, 4.69) is 20.9 Å². The number of hydrogen-bond donors (Lipinski definition) is 4. The maximum atomic E-state index is 14.9. The van der Waals surface area contributed by atoms with Crippen molar-refractivity contribution in [3.63, 3.8) is 0 Å². The smallest absolute Gasteiger partial charge is 0.136 e. The third-order valence-corrected chi connectivity index (χ3v) is 8.38. The zero-order chi connectivity index (χ0) is 23.3. The highest BCUT2D eigenvalue weighted by Crippen LogP contribution is 2.35. The van der Waals surface area contributed by atoms with Gasteiger partial charge in [0.05, 0.1) is 12.1 Å². The van der Waals surface area contributed by atoms with Gasteiger partial charge in [-0.3, -0.25) is 5.32 Å². The summed E-state index contributed by atoms with van der Waals surface area (Å²) in [5.41, 5.74) is 6.76. The molecule has 7 heteroatoms. The molecule has 2 aliphatic carbocycles. The minimum atomic E-state index is -0.309. The average Bonchev–Trinajstić information content (AvgIpc) is 2.83. The van der Waals surface area contributed by atoms with E-state index in [4.69, 9.17) is 10.5 Å². The number of hydrogen-bond acceptors (Lipinski definition) is 6. The molecule has 2 saturated heterocycles. The largest absolute Gasteiger partial charge is 0.383 e. The number of halogens is 1. The number of nitrogens with zero attached hydrogens (tertiary/aromatic N) is 1. The van der Waals surface area contributed by atoms with Crippen molar-refractivity contribution in [2.45, 2.75) is 69.9 Å². The van der Waals surface area contributed by atoms with Crippen LogP contribution in [0.15, 0.2) is 24.4 Å². The third kappa shape index (κ3) is 5.81. The summed E-state index contributed by atoms with van der Waals surface area (Å²) in [6.07, 6.45) is 12.8. The quantitative estimate of drug-likeness (QED) is 0.512. The van der Waals surface area contributed by atoms with Gasteiger partial charge in [-0.25, -0.2) is 9.37 Å². The van der Waals surface area contributed by atoms with Gasteiger partial charge in [-0.1, -0.05) is 19.3 Å². The fourth-order valence-corrected chi connectivity index (χ4v) is 6.41. The fraction of sp³-hybridized carbons (Fsp3) is 0.667. The Morgan fingerprint density at radius 2 is 1.91 bits per heavy atom. The lowest BCUT2D eigenvalue weighted by atomic mass is 9.77. The van der Waals surface area contributed by atoms with Gasteiger partial charge < -0.3 is 21.1 Å².